The van der Waals surface area contributed by atoms with Gasteiger partial charge in [-0.15, -0.1) is 0 Å². The summed E-state index contributed by atoms with van der Waals surface area (Å²) in [4.78, 5) is 73.0. The highest BCUT2D eigenvalue weighted by Crippen LogP contribution is 2.56. The predicted molar refractivity (Wildman–Crippen MR) is 217 cm³/mol. The second-order valence-corrected chi connectivity index (χ2v) is 15.7. The van der Waals surface area contributed by atoms with Gasteiger partial charge < -0.3 is 52.8 Å². The van der Waals surface area contributed by atoms with Crippen LogP contribution >= 0.6 is 0 Å². The third kappa shape index (κ3) is 8.07. The minimum Gasteiger partial charge on any atom is -0.456 e. The van der Waals surface area contributed by atoms with E-state index in [1.807, 2.05) is 26.0 Å². The number of carbonyl (C=O) groups is 5. The Morgan fingerprint density at radius 1 is 0.931 bits per heavy atom. The molecular weight excluding hydrogens is 743 g/mol. The molecule has 4 heterocycles. The Balaban J connectivity index is 1.16. The van der Waals surface area contributed by atoms with Gasteiger partial charge in [-0.3, -0.25) is 24.2 Å². The Morgan fingerprint density at radius 3 is 2.31 bits per heavy atom. The smallest absolute Gasteiger partial charge is 0.340 e. The lowest BCUT2D eigenvalue weighted by atomic mass is 9.77. The number of likely N-dealkylation sites (tertiary alicyclic amines) is 1. The SMILES string of the molecule is CC(C)C[C@@H](N)C(=O)N1CCC[C@H]1C(=O)N[C@@H](CCCN=C(N)N)C(=O)Nc1ccc2c(c1)Oc1cc(NC(=O)[C@H]3CCCN3)ccc1C21OC(=O)c2ccccc21. The Bertz CT molecular complexity index is 2130. The van der Waals surface area contributed by atoms with Gasteiger partial charge in [0.15, 0.2) is 11.6 Å². The largest absolute Gasteiger partial charge is 0.456 e. The molecule has 1 spiro atoms. The first-order valence-corrected chi connectivity index (χ1v) is 19.9. The van der Waals surface area contributed by atoms with Gasteiger partial charge in [-0.2, -0.15) is 0 Å². The van der Waals surface area contributed by atoms with E-state index in [9.17, 15) is 24.0 Å². The van der Waals surface area contributed by atoms with Crippen LogP contribution in [0.3, 0.4) is 0 Å². The fourth-order valence-corrected chi connectivity index (χ4v) is 8.36. The standard InChI is InChI=1S/C42H51N9O7/c1-23(2)20-30(43)39(55)51-19-7-12-33(51)38(54)50-32(11-6-18-47-41(44)45)37(53)49-25-14-16-29-35(22-25)57-34-21-24(48-36(52)31-10-5-17-46-31)13-15-28(34)42(29)27-9-4-3-8-26(27)40(56)58-42/h3-4,8-9,13-16,21-23,30-33,46H,5-7,10-12,17-20,43H2,1-2H3,(H,48,52)(H,49,53)(H,50,54)(H4,44,45,47)/t30-,31-,32+,33+,42?/m1/s1. The third-order valence-electron chi connectivity index (χ3n) is 11.1. The van der Waals surface area contributed by atoms with Crippen molar-refractivity contribution in [1.29, 1.82) is 0 Å². The number of nitrogens with zero attached hydrogens (tertiary/aromatic N) is 2. The number of nitrogens with one attached hydrogen (secondary N) is 4. The molecule has 3 aromatic rings. The van der Waals surface area contributed by atoms with Crippen LogP contribution in [0.25, 0.3) is 0 Å². The van der Waals surface area contributed by atoms with Crippen LogP contribution in [0.2, 0.25) is 0 Å². The van der Waals surface area contributed by atoms with Gasteiger partial charge in [-0.25, -0.2) is 4.79 Å². The van der Waals surface area contributed by atoms with E-state index >= 15 is 0 Å². The fraction of sp³-hybridized carbons (Fsp3) is 0.429. The van der Waals surface area contributed by atoms with Crippen LogP contribution in [-0.2, 0) is 29.5 Å². The summed E-state index contributed by atoms with van der Waals surface area (Å²) in [5, 5.41) is 12.0. The number of esters is 1. The van der Waals surface area contributed by atoms with Gasteiger partial charge in [0, 0.05) is 53.3 Å². The average molecular weight is 794 g/mol. The number of amides is 4. The summed E-state index contributed by atoms with van der Waals surface area (Å²) in [5.74, 6) is -1.14. The molecule has 5 atom stereocenters. The number of nitrogens with two attached hydrogens (primary N) is 3. The van der Waals surface area contributed by atoms with Crippen molar-refractivity contribution in [3.63, 3.8) is 0 Å². The summed E-state index contributed by atoms with van der Waals surface area (Å²) in [6, 6.07) is 14.6. The van der Waals surface area contributed by atoms with Crippen molar-refractivity contribution in [3.8, 4) is 11.5 Å². The second-order valence-electron chi connectivity index (χ2n) is 15.7. The van der Waals surface area contributed by atoms with E-state index in [-0.39, 0.29) is 42.7 Å². The molecule has 0 aliphatic carbocycles. The van der Waals surface area contributed by atoms with Crippen LogP contribution in [0.15, 0.2) is 65.7 Å². The van der Waals surface area contributed by atoms with E-state index in [4.69, 9.17) is 26.7 Å². The predicted octanol–water partition coefficient (Wildman–Crippen LogP) is 2.79. The van der Waals surface area contributed by atoms with E-state index in [0.29, 0.717) is 77.4 Å². The Labute approximate surface area is 336 Å². The van der Waals surface area contributed by atoms with Crippen molar-refractivity contribution < 1.29 is 33.4 Å². The van der Waals surface area contributed by atoms with E-state index in [2.05, 4.69) is 26.3 Å². The van der Waals surface area contributed by atoms with E-state index in [1.54, 1.807) is 48.5 Å². The van der Waals surface area contributed by atoms with Crippen molar-refractivity contribution in [2.45, 2.75) is 88.6 Å². The molecule has 7 rings (SSSR count). The maximum atomic E-state index is 14.0. The van der Waals surface area contributed by atoms with E-state index in [0.717, 1.165) is 19.4 Å². The summed E-state index contributed by atoms with van der Waals surface area (Å²) in [6.45, 7) is 5.36. The lowest BCUT2D eigenvalue weighted by molar-refractivity contribution is -0.140. The van der Waals surface area contributed by atoms with Crippen LogP contribution in [0.5, 0.6) is 11.5 Å². The van der Waals surface area contributed by atoms with Gasteiger partial charge in [-0.05, 0) is 87.7 Å². The van der Waals surface area contributed by atoms with Crippen molar-refractivity contribution in [1.82, 2.24) is 15.5 Å². The summed E-state index contributed by atoms with van der Waals surface area (Å²) in [5.41, 5.74) is 18.9. The van der Waals surface area contributed by atoms with Crippen molar-refractivity contribution in [2.24, 2.45) is 28.1 Å². The van der Waals surface area contributed by atoms with Gasteiger partial charge in [-0.1, -0.05) is 32.0 Å². The van der Waals surface area contributed by atoms with Crippen LogP contribution in [-0.4, -0.2) is 84.3 Å². The number of hydrogen-bond acceptors (Lipinski definition) is 10. The Morgan fingerprint density at radius 2 is 1.64 bits per heavy atom. The normalized spacial score (nSPS) is 21.2. The summed E-state index contributed by atoms with van der Waals surface area (Å²) in [7, 11) is 0. The van der Waals surface area contributed by atoms with E-state index in [1.165, 1.54) is 4.90 Å². The maximum absolute atomic E-state index is 14.0. The molecule has 4 aliphatic heterocycles. The van der Waals surface area contributed by atoms with Crippen molar-refractivity contribution >= 4 is 46.9 Å². The number of benzene rings is 3. The lowest BCUT2D eigenvalue weighted by Gasteiger charge is -2.37. The Kier molecular flexibility index (Phi) is 11.7. The Hall–Kier alpha value is -6.00. The minimum absolute atomic E-state index is 0.0906. The zero-order valence-electron chi connectivity index (χ0n) is 32.7. The molecule has 0 bridgehead atoms. The molecule has 0 saturated carbocycles. The monoisotopic (exact) mass is 793 g/mol. The number of guanidine groups is 1. The number of aliphatic imine (C=N–C) groups is 1. The fourth-order valence-electron chi connectivity index (χ4n) is 8.36. The highest BCUT2D eigenvalue weighted by Gasteiger charge is 2.53. The highest BCUT2D eigenvalue weighted by molar-refractivity contribution is 6.00. The summed E-state index contributed by atoms with van der Waals surface area (Å²) < 4.78 is 12.8. The van der Waals surface area contributed by atoms with Gasteiger partial charge in [0.05, 0.1) is 17.6 Å². The second kappa shape index (κ2) is 16.8. The molecule has 10 N–H and O–H groups in total. The molecule has 1 unspecified atom stereocenters. The minimum atomic E-state index is -1.38. The molecule has 58 heavy (non-hydrogen) atoms. The lowest BCUT2D eigenvalue weighted by Crippen LogP contribution is -2.54. The van der Waals surface area contributed by atoms with Crippen molar-refractivity contribution in [2.75, 3.05) is 30.3 Å². The molecule has 0 radical (unpaired) electrons. The number of anilines is 2. The number of hydrogen-bond donors (Lipinski definition) is 7. The molecule has 2 fully saturated rings. The number of ether oxygens (including phenoxy) is 2. The molecule has 306 valence electrons. The number of rotatable bonds is 13. The zero-order valence-corrected chi connectivity index (χ0v) is 32.7. The zero-order chi connectivity index (χ0) is 41.1. The first-order valence-electron chi connectivity index (χ1n) is 19.9. The first kappa shape index (κ1) is 40.2. The molecule has 4 aliphatic rings. The molecule has 16 nitrogen and oxygen atoms in total. The molecular formula is C42H51N9O7. The van der Waals surface area contributed by atoms with Crippen LogP contribution < -0.4 is 43.2 Å². The summed E-state index contributed by atoms with van der Waals surface area (Å²) >= 11 is 0. The molecule has 2 saturated heterocycles. The third-order valence-corrected chi connectivity index (χ3v) is 11.1. The first-order chi connectivity index (χ1) is 27.8. The van der Waals surface area contributed by atoms with E-state index < -0.39 is 41.5 Å². The molecule has 4 amide bonds. The molecule has 3 aromatic carbocycles. The van der Waals surface area contributed by atoms with Crippen molar-refractivity contribution in [3.05, 3.63) is 82.9 Å². The van der Waals surface area contributed by atoms with Crippen LogP contribution in [0.4, 0.5) is 11.4 Å². The van der Waals surface area contributed by atoms with Gasteiger partial charge in [0.2, 0.25) is 23.6 Å². The summed E-state index contributed by atoms with van der Waals surface area (Å²) in [6.07, 6.45) is 3.76. The van der Waals surface area contributed by atoms with Crippen LogP contribution in [0.1, 0.15) is 85.8 Å². The quantitative estimate of drug-likeness (QED) is 0.0574. The van der Waals surface area contributed by atoms with Gasteiger partial charge in [0.1, 0.15) is 23.6 Å². The van der Waals surface area contributed by atoms with Gasteiger partial charge >= 0.3 is 5.97 Å². The average Bonchev–Trinajstić information content (AvgIpc) is 3.97. The van der Waals surface area contributed by atoms with Gasteiger partial charge in [0.25, 0.3) is 0 Å². The van der Waals surface area contributed by atoms with Crippen LogP contribution in [0, 0.1) is 5.92 Å². The topological polar surface area (TPSA) is 246 Å². The number of carbonyl (C=O) groups excluding carboxylic acids is 5. The molecule has 0 aromatic heterocycles. The molecule has 16 heteroatoms. The highest BCUT2D eigenvalue weighted by atomic mass is 16.6. The maximum Gasteiger partial charge on any atom is 0.340 e. The number of fused-ring (bicyclic) bond motifs is 6.